The molecule has 2 aromatic rings. The second-order valence-electron chi connectivity index (χ2n) is 3.75. The molecule has 17 heavy (non-hydrogen) atoms. The van der Waals surface area contributed by atoms with E-state index in [1.807, 2.05) is 30.3 Å². The molecule has 0 unspecified atom stereocenters. The highest BCUT2D eigenvalue weighted by Gasteiger charge is 2.12. The van der Waals surface area contributed by atoms with Crippen LogP contribution in [0, 0.1) is 0 Å². The maximum Gasteiger partial charge on any atom is 0.258 e. The van der Waals surface area contributed by atoms with Crippen LogP contribution in [-0.2, 0) is 0 Å². The van der Waals surface area contributed by atoms with E-state index in [1.54, 1.807) is 24.1 Å². The summed E-state index contributed by atoms with van der Waals surface area (Å²) in [6, 6.07) is 15.7. The molecule has 0 aliphatic heterocycles. The van der Waals surface area contributed by atoms with Crippen LogP contribution < -0.4 is 4.90 Å². The third kappa shape index (κ3) is 2.45. The predicted molar refractivity (Wildman–Crippen MR) is 67.3 cm³/mol. The maximum absolute atomic E-state index is 12.1. The van der Waals surface area contributed by atoms with Gasteiger partial charge in [-0.15, -0.1) is 0 Å². The molecule has 2 rings (SSSR count). The minimum Gasteiger partial charge on any atom is -0.508 e. The van der Waals surface area contributed by atoms with Crippen LogP contribution in [-0.4, -0.2) is 18.1 Å². The van der Waals surface area contributed by atoms with Gasteiger partial charge in [0.25, 0.3) is 5.91 Å². The maximum atomic E-state index is 12.1. The number of anilines is 1. The lowest BCUT2D eigenvalue weighted by Gasteiger charge is -2.17. The summed E-state index contributed by atoms with van der Waals surface area (Å²) in [5.74, 6) is 0.0557. The SMILES string of the molecule is CN(C(=O)c1ccc(O)cc1)c1ccccc1. The molecule has 0 heterocycles. The number of nitrogens with zero attached hydrogens (tertiary/aromatic N) is 1. The Bertz CT molecular complexity index is 506. The molecule has 0 fully saturated rings. The van der Waals surface area contributed by atoms with Crippen molar-refractivity contribution in [2.45, 2.75) is 0 Å². The molecule has 2 aromatic carbocycles. The Morgan fingerprint density at radius 2 is 1.59 bits per heavy atom. The molecule has 3 nitrogen and oxygen atoms in total. The van der Waals surface area contributed by atoms with Crippen molar-refractivity contribution in [3.63, 3.8) is 0 Å². The van der Waals surface area contributed by atoms with Gasteiger partial charge in [0.05, 0.1) is 0 Å². The average Bonchev–Trinajstić information content (AvgIpc) is 2.39. The van der Waals surface area contributed by atoms with Crippen LogP contribution in [0.3, 0.4) is 0 Å². The zero-order valence-corrected chi connectivity index (χ0v) is 9.50. The summed E-state index contributed by atoms with van der Waals surface area (Å²) in [5, 5.41) is 9.17. The molecule has 0 radical (unpaired) electrons. The van der Waals surface area contributed by atoms with Crippen molar-refractivity contribution in [2.75, 3.05) is 11.9 Å². The van der Waals surface area contributed by atoms with Gasteiger partial charge in [-0.05, 0) is 36.4 Å². The number of aromatic hydroxyl groups is 1. The topological polar surface area (TPSA) is 40.5 Å². The van der Waals surface area contributed by atoms with Crippen molar-refractivity contribution >= 4 is 11.6 Å². The van der Waals surface area contributed by atoms with Crippen molar-refractivity contribution in [3.8, 4) is 5.75 Å². The molecule has 0 saturated heterocycles. The molecular formula is C14H13NO2. The third-order valence-electron chi connectivity index (χ3n) is 2.56. The highest BCUT2D eigenvalue weighted by Crippen LogP contribution is 2.16. The van der Waals surface area contributed by atoms with Gasteiger partial charge in [0.1, 0.15) is 5.75 Å². The van der Waals surface area contributed by atoms with E-state index in [0.717, 1.165) is 5.69 Å². The van der Waals surface area contributed by atoms with Crippen LogP contribution in [0.15, 0.2) is 54.6 Å². The van der Waals surface area contributed by atoms with E-state index in [0.29, 0.717) is 5.56 Å². The Hall–Kier alpha value is -2.29. The van der Waals surface area contributed by atoms with Gasteiger partial charge >= 0.3 is 0 Å². The summed E-state index contributed by atoms with van der Waals surface area (Å²) in [5.41, 5.74) is 1.39. The first-order valence-electron chi connectivity index (χ1n) is 5.30. The molecule has 0 saturated carbocycles. The molecule has 0 spiro atoms. The highest BCUT2D eigenvalue weighted by atomic mass is 16.3. The van der Waals surface area contributed by atoms with Crippen molar-refractivity contribution in [1.29, 1.82) is 0 Å². The zero-order chi connectivity index (χ0) is 12.3. The van der Waals surface area contributed by atoms with Gasteiger partial charge in [-0.1, -0.05) is 18.2 Å². The lowest BCUT2D eigenvalue weighted by atomic mass is 10.2. The molecule has 0 aliphatic rings. The lowest BCUT2D eigenvalue weighted by molar-refractivity contribution is 0.0993. The predicted octanol–water partition coefficient (Wildman–Crippen LogP) is 2.67. The quantitative estimate of drug-likeness (QED) is 0.856. The summed E-state index contributed by atoms with van der Waals surface area (Å²) in [6.45, 7) is 0. The molecule has 0 aromatic heterocycles. The van der Waals surface area contributed by atoms with E-state index < -0.39 is 0 Å². The molecule has 1 amide bonds. The van der Waals surface area contributed by atoms with E-state index in [1.165, 1.54) is 12.1 Å². The number of carbonyl (C=O) groups is 1. The van der Waals surface area contributed by atoms with Gasteiger partial charge in [0, 0.05) is 18.3 Å². The lowest BCUT2D eigenvalue weighted by Crippen LogP contribution is -2.25. The Labute approximate surface area is 99.9 Å². The number of hydrogen-bond acceptors (Lipinski definition) is 2. The molecular weight excluding hydrogens is 214 g/mol. The monoisotopic (exact) mass is 227 g/mol. The molecule has 0 bridgehead atoms. The van der Waals surface area contributed by atoms with E-state index in [2.05, 4.69) is 0 Å². The molecule has 0 aliphatic carbocycles. The summed E-state index contributed by atoms with van der Waals surface area (Å²) in [6.07, 6.45) is 0. The van der Waals surface area contributed by atoms with Gasteiger partial charge < -0.3 is 10.0 Å². The molecule has 1 N–H and O–H groups in total. The Kier molecular flexibility index (Phi) is 3.10. The Morgan fingerprint density at radius 3 is 2.18 bits per heavy atom. The van der Waals surface area contributed by atoms with Crippen LogP contribution in [0.1, 0.15) is 10.4 Å². The van der Waals surface area contributed by atoms with Crippen LogP contribution >= 0.6 is 0 Å². The van der Waals surface area contributed by atoms with Crippen LogP contribution in [0.25, 0.3) is 0 Å². The second-order valence-corrected chi connectivity index (χ2v) is 3.75. The standard InChI is InChI=1S/C14H13NO2/c1-15(12-5-3-2-4-6-12)14(17)11-7-9-13(16)10-8-11/h2-10,16H,1H3. The first kappa shape index (κ1) is 11.2. The van der Waals surface area contributed by atoms with Crippen molar-refractivity contribution in [1.82, 2.24) is 0 Å². The van der Waals surface area contributed by atoms with Crippen LogP contribution in [0.2, 0.25) is 0 Å². The number of amides is 1. The molecule has 0 atom stereocenters. The number of phenols is 1. The van der Waals surface area contributed by atoms with E-state index in [9.17, 15) is 4.79 Å². The summed E-state index contributed by atoms with van der Waals surface area (Å²) >= 11 is 0. The largest absolute Gasteiger partial charge is 0.508 e. The van der Waals surface area contributed by atoms with Gasteiger partial charge in [0.15, 0.2) is 0 Å². The average molecular weight is 227 g/mol. The minimum atomic E-state index is -0.101. The fourth-order valence-corrected chi connectivity index (χ4v) is 1.57. The molecule has 86 valence electrons. The third-order valence-corrected chi connectivity index (χ3v) is 2.56. The van der Waals surface area contributed by atoms with E-state index >= 15 is 0 Å². The van der Waals surface area contributed by atoms with Gasteiger partial charge in [-0.3, -0.25) is 4.79 Å². The summed E-state index contributed by atoms with van der Waals surface area (Å²) < 4.78 is 0. The smallest absolute Gasteiger partial charge is 0.258 e. The summed E-state index contributed by atoms with van der Waals surface area (Å²) in [4.78, 5) is 13.7. The zero-order valence-electron chi connectivity index (χ0n) is 9.50. The van der Waals surface area contributed by atoms with Crippen molar-refractivity contribution < 1.29 is 9.90 Å². The van der Waals surface area contributed by atoms with E-state index in [-0.39, 0.29) is 11.7 Å². The second kappa shape index (κ2) is 4.70. The number of para-hydroxylation sites is 1. The highest BCUT2D eigenvalue weighted by molar-refractivity contribution is 6.05. The summed E-state index contributed by atoms with van der Waals surface area (Å²) in [7, 11) is 1.73. The minimum absolute atomic E-state index is 0.101. The van der Waals surface area contributed by atoms with Gasteiger partial charge in [-0.25, -0.2) is 0 Å². The normalized spacial score (nSPS) is 9.94. The Morgan fingerprint density at radius 1 is 1.00 bits per heavy atom. The fraction of sp³-hybridized carbons (Fsp3) is 0.0714. The van der Waals surface area contributed by atoms with Crippen molar-refractivity contribution in [3.05, 3.63) is 60.2 Å². The fourth-order valence-electron chi connectivity index (χ4n) is 1.57. The van der Waals surface area contributed by atoms with E-state index in [4.69, 9.17) is 5.11 Å². The number of hydrogen-bond donors (Lipinski definition) is 1. The number of rotatable bonds is 2. The van der Waals surface area contributed by atoms with Gasteiger partial charge in [0.2, 0.25) is 0 Å². The Balaban J connectivity index is 2.23. The first-order valence-corrected chi connectivity index (χ1v) is 5.30. The number of carbonyl (C=O) groups excluding carboxylic acids is 1. The molecule has 3 heteroatoms. The van der Waals surface area contributed by atoms with Crippen LogP contribution in [0.5, 0.6) is 5.75 Å². The van der Waals surface area contributed by atoms with Crippen LogP contribution in [0.4, 0.5) is 5.69 Å². The number of benzene rings is 2. The van der Waals surface area contributed by atoms with Gasteiger partial charge in [-0.2, -0.15) is 0 Å². The first-order chi connectivity index (χ1) is 8.18. The van der Waals surface area contributed by atoms with Crippen molar-refractivity contribution in [2.24, 2.45) is 0 Å². The number of phenolic OH excluding ortho intramolecular Hbond substituents is 1.